The van der Waals surface area contributed by atoms with Gasteiger partial charge >= 0.3 is 0 Å². The second kappa shape index (κ2) is 5.04. The van der Waals surface area contributed by atoms with Gasteiger partial charge in [0.2, 0.25) is 5.91 Å². The second-order valence-corrected chi connectivity index (χ2v) is 7.22. The molecule has 3 fully saturated rings. The first-order valence-corrected chi connectivity index (χ1v) is 8.63. The van der Waals surface area contributed by atoms with Gasteiger partial charge in [-0.25, -0.2) is 0 Å². The van der Waals surface area contributed by atoms with Crippen molar-refractivity contribution >= 4 is 17.7 Å². The SMILES string of the molecule is CSC1CCCC(N2CNC3(CCCC3)C2=O)C1. The van der Waals surface area contributed by atoms with E-state index in [4.69, 9.17) is 0 Å². The van der Waals surface area contributed by atoms with Gasteiger partial charge in [0, 0.05) is 11.3 Å². The predicted octanol–water partition coefficient (Wildman–Crippen LogP) is 2.36. The summed E-state index contributed by atoms with van der Waals surface area (Å²) in [5, 5.41) is 4.29. The van der Waals surface area contributed by atoms with Crippen LogP contribution in [0.4, 0.5) is 0 Å². The zero-order valence-electron chi connectivity index (χ0n) is 11.3. The van der Waals surface area contributed by atoms with Crippen molar-refractivity contribution < 1.29 is 4.79 Å². The minimum atomic E-state index is -0.160. The molecule has 0 radical (unpaired) electrons. The fourth-order valence-corrected chi connectivity index (χ4v) is 4.76. The van der Waals surface area contributed by atoms with Gasteiger partial charge in [0.15, 0.2) is 0 Å². The van der Waals surface area contributed by atoms with E-state index in [-0.39, 0.29) is 5.54 Å². The number of carbonyl (C=O) groups is 1. The summed E-state index contributed by atoms with van der Waals surface area (Å²) in [4.78, 5) is 14.8. The van der Waals surface area contributed by atoms with Crippen LogP contribution in [0.1, 0.15) is 51.4 Å². The second-order valence-electron chi connectivity index (χ2n) is 6.08. The molecule has 18 heavy (non-hydrogen) atoms. The van der Waals surface area contributed by atoms with E-state index < -0.39 is 0 Å². The van der Waals surface area contributed by atoms with Gasteiger partial charge in [-0.3, -0.25) is 10.1 Å². The molecule has 3 aliphatic rings. The first kappa shape index (κ1) is 12.8. The molecule has 1 amide bonds. The Morgan fingerprint density at radius 3 is 2.78 bits per heavy atom. The van der Waals surface area contributed by atoms with E-state index in [2.05, 4.69) is 16.5 Å². The van der Waals surface area contributed by atoms with E-state index in [1.807, 2.05) is 11.8 Å². The highest BCUT2D eigenvalue weighted by molar-refractivity contribution is 7.99. The zero-order valence-corrected chi connectivity index (χ0v) is 12.1. The molecule has 3 rings (SSSR count). The van der Waals surface area contributed by atoms with E-state index >= 15 is 0 Å². The van der Waals surface area contributed by atoms with Crippen LogP contribution in [0.3, 0.4) is 0 Å². The first-order valence-electron chi connectivity index (χ1n) is 7.34. The largest absolute Gasteiger partial charge is 0.325 e. The van der Waals surface area contributed by atoms with Crippen molar-refractivity contribution in [1.29, 1.82) is 0 Å². The topological polar surface area (TPSA) is 32.3 Å². The summed E-state index contributed by atoms with van der Waals surface area (Å²) in [5.74, 6) is 0.409. The Hall–Kier alpha value is -0.220. The molecule has 4 heteroatoms. The van der Waals surface area contributed by atoms with Crippen LogP contribution in [0, 0.1) is 0 Å². The first-order chi connectivity index (χ1) is 8.75. The van der Waals surface area contributed by atoms with Gasteiger partial charge in [0.25, 0.3) is 0 Å². The van der Waals surface area contributed by atoms with Gasteiger partial charge in [0.05, 0.1) is 12.2 Å². The predicted molar refractivity (Wildman–Crippen MR) is 75.6 cm³/mol. The third kappa shape index (κ3) is 2.07. The fraction of sp³-hybridized carbons (Fsp3) is 0.929. The quantitative estimate of drug-likeness (QED) is 0.834. The Morgan fingerprint density at radius 1 is 1.28 bits per heavy atom. The summed E-state index contributed by atoms with van der Waals surface area (Å²) in [6.07, 6.45) is 11.8. The molecule has 3 nitrogen and oxygen atoms in total. The number of hydrogen-bond acceptors (Lipinski definition) is 3. The molecule has 1 aliphatic heterocycles. The van der Waals surface area contributed by atoms with Crippen LogP contribution in [0.25, 0.3) is 0 Å². The Bertz CT molecular complexity index is 328. The Kier molecular flexibility index (Phi) is 3.59. The van der Waals surface area contributed by atoms with Crippen LogP contribution in [0.2, 0.25) is 0 Å². The van der Waals surface area contributed by atoms with Gasteiger partial charge in [-0.1, -0.05) is 19.3 Å². The molecule has 1 N–H and O–H groups in total. The number of thioether (sulfide) groups is 1. The minimum Gasteiger partial charge on any atom is -0.325 e. The molecule has 0 aromatic heterocycles. The van der Waals surface area contributed by atoms with Crippen LogP contribution < -0.4 is 5.32 Å². The maximum atomic E-state index is 12.7. The Labute approximate surface area is 114 Å². The highest BCUT2D eigenvalue weighted by Crippen LogP contribution is 2.38. The van der Waals surface area contributed by atoms with Crippen molar-refractivity contribution in [1.82, 2.24) is 10.2 Å². The lowest BCUT2D eigenvalue weighted by molar-refractivity contribution is -0.134. The molecule has 0 bridgehead atoms. The number of nitrogens with zero attached hydrogens (tertiary/aromatic N) is 1. The standard InChI is InChI=1S/C14H24N2OS/c1-18-12-6-4-5-11(9-12)16-10-15-14(13(16)17)7-2-3-8-14/h11-12,15H,2-10H2,1H3. The molecular formula is C14H24N2OS. The van der Waals surface area contributed by atoms with Crippen LogP contribution in [0.15, 0.2) is 0 Å². The van der Waals surface area contributed by atoms with Gasteiger partial charge in [-0.2, -0.15) is 11.8 Å². The highest BCUT2D eigenvalue weighted by Gasteiger charge is 2.49. The highest BCUT2D eigenvalue weighted by atomic mass is 32.2. The molecular weight excluding hydrogens is 244 g/mol. The van der Waals surface area contributed by atoms with Gasteiger partial charge in [-0.05, 0) is 38.4 Å². The van der Waals surface area contributed by atoms with Crippen molar-refractivity contribution in [3.8, 4) is 0 Å². The van der Waals surface area contributed by atoms with Crippen molar-refractivity contribution in [3.05, 3.63) is 0 Å². The van der Waals surface area contributed by atoms with E-state index in [1.165, 1.54) is 38.5 Å². The molecule has 0 aromatic rings. The lowest BCUT2D eigenvalue weighted by atomic mass is 9.92. The lowest BCUT2D eigenvalue weighted by Gasteiger charge is -2.35. The number of hydrogen-bond donors (Lipinski definition) is 1. The molecule has 2 unspecified atom stereocenters. The monoisotopic (exact) mass is 268 g/mol. The number of carbonyl (C=O) groups excluding carboxylic acids is 1. The van der Waals surface area contributed by atoms with Crippen LogP contribution in [-0.4, -0.2) is 40.6 Å². The Balaban J connectivity index is 1.68. The van der Waals surface area contributed by atoms with E-state index in [0.717, 1.165) is 24.8 Å². The molecule has 2 atom stereocenters. The summed E-state index contributed by atoms with van der Waals surface area (Å²) in [6.45, 7) is 0.796. The average Bonchev–Trinajstić information content (AvgIpc) is 3.00. The van der Waals surface area contributed by atoms with Crippen molar-refractivity contribution in [2.45, 2.75) is 68.2 Å². The van der Waals surface area contributed by atoms with Crippen molar-refractivity contribution in [3.63, 3.8) is 0 Å². The van der Waals surface area contributed by atoms with Crippen LogP contribution in [0.5, 0.6) is 0 Å². The van der Waals surface area contributed by atoms with Gasteiger partial charge in [-0.15, -0.1) is 0 Å². The minimum absolute atomic E-state index is 0.160. The van der Waals surface area contributed by atoms with E-state index in [9.17, 15) is 4.79 Å². The number of rotatable bonds is 2. The molecule has 1 spiro atoms. The fourth-order valence-electron chi connectivity index (χ4n) is 3.94. The number of amides is 1. The molecule has 2 aliphatic carbocycles. The molecule has 102 valence electrons. The molecule has 1 saturated heterocycles. The van der Waals surface area contributed by atoms with Gasteiger partial charge in [0.1, 0.15) is 0 Å². The summed E-state index contributed by atoms with van der Waals surface area (Å²) in [5.41, 5.74) is -0.160. The lowest BCUT2D eigenvalue weighted by Crippen LogP contribution is -2.46. The summed E-state index contributed by atoms with van der Waals surface area (Å²) < 4.78 is 0. The molecule has 1 heterocycles. The molecule has 2 saturated carbocycles. The zero-order chi connectivity index (χ0) is 12.6. The van der Waals surface area contributed by atoms with E-state index in [1.54, 1.807) is 0 Å². The smallest absolute Gasteiger partial charge is 0.244 e. The third-order valence-corrected chi connectivity index (χ3v) is 6.18. The summed E-state index contributed by atoms with van der Waals surface area (Å²) in [7, 11) is 0. The van der Waals surface area contributed by atoms with Crippen molar-refractivity contribution in [2.75, 3.05) is 12.9 Å². The summed E-state index contributed by atoms with van der Waals surface area (Å²) >= 11 is 1.97. The van der Waals surface area contributed by atoms with Crippen LogP contribution in [-0.2, 0) is 4.79 Å². The van der Waals surface area contributed by atoms with Crippen LogP contribution >= 0.6 is 11.8 Å². The molecule has 0 aromatic carbocycles. The van der Waals surface area contributed by atoms with Crippen molar-refractivity contribution in [2.24, 2.45) is 0 Å². The van der Waals surface area contributed by atoms with Gasteiger partial charge < -0.3 is 4.90 Å². The average molecular weight is 268 g/mol. The normalized spacial score (nSPS) is 35.6. The number of nitrogens with one attached hydrogen (secondary N) is 1. The summed E-state index contributed by atoms with van der Waals surface area (Å²) in [6, 6.07) is 0.496. The maximum absolute atomic E-state index is 12.7. The third-order valence-electron chi connectivity index (χ3n) is 5.09. The maximum Gasteiger partial charge on any atom is 0.244 e. The Morgan fingerprint density at radius 2 is 2.06 bits per heavy atom. The van der Waals surface area contributed by atoms with E-state index in [0.29, 0.717) is 11.9 Å².